The number of hydrogen-bond donors (Lipinski definition) is 1. The van der Waals surface area contributed by atoms with Gasteiger partial charge >= 0.3 is 0 Å². The zero-order chi connectivity index (χ0) is 15.0. The first kappa shape index (κ1) is 15.4. The minimum absolute atomic E-state index is 0.121. The molecule has 0 spiro atoms. The number of nitrogens with zero attached hydrogens (tertiary/aromatic N) is 1. The van der Waals surface area contributed by atoms with Gasteiger partial charge in [0.25, 0.3) is 0 Å². The molecule has 1 aromatic heterocycles. The Morgan fingerprint density at radius 3 is 2.67 bits per heavy atom. The third kappa shape index (κ3) is 3.17. The van der Waals surface area contributed by atoms with Crippen molar-refractivity contribution in [1.29, 1.82) is 0 Å². The van der Waals surface area contributed by atoms with Crippen molar-refractivity contribution in [1.82, 2.24) is 4.98 Å². The van der Waals surface area contributed by atoms with E-state index < -0.39 is 0 Å². The van der Waals surface area contributed by atoms with Gasteiger partial charge in [-0.2, -0.15) is 0 Å². The lowest BCUT2D eigenvalue weighted by Crippen LogP contribution is -2.24. The Bertz CT molecular complexity index is 491. The fourth-order valence-electron chi connectivity index (χ4n) is 3.96. The van der Waals surface area contributed by atoms with Crippen LogP contribution in [0.3, 0.4) is 0 Å². The Hall–Kier alpha value is -0.450. The largest absolute Gasteiger partial charge is 0.387 e. The van der Waals surface area contributed by atoms with E-state index in [-0.39, 0.29) is 17.6 Å². The van der Waals surface area contributed by atoms with E-state index in [9.17, 15) is 5.11 Å². The molecule has 3 rings (SSSR count). The van der Waals surface area contributed by atoms with E-state index in [2.05, 4.69) is 13.8 Å². The first-order chi connectivity index (χ1) is 10.00. The Morgan fingerprint density at radius 2 is 2.00 bits per heavy atom. The minimum atomic E-state index is -0.348. The van der Waals surface area contributed by atoms with Gasteiger partial charge in [0.2, 0.25) is 0 Å². The molecule has 2 aliphatic rings. The van der Waals surface area contributed by atoms with Crippen LogP contribution in [-0.4, -0.2) is 17.2 Å². The molecule has 0 aromatic carbocycles. The molecule has 118 valence electrons. The van der Waals surface area contributed by atoms with Crippen molar-refractivity contribution in [3.05, 3.63) is 15.6 Å². The lowest BCUT2D eigenvalue weighted by molar-refractivity contribution is 0.0350. The molecular weight excluding hydrogens is 282 g/mol. The molecule has 2 unspecified atom stereocenters. The average molecular weight is 309 g/mol. The van der Waals surface area contributed by atoms with E-state index >= 15 is 0 Å². The van der Waals surface area contributed by atoms with Gasteiger partial charge in [-0.1, -0.05) is 33.1 Å². The van der Waals surface area contributed by atoms with Crippen LogP contribution < -0.4 is 0 Å². The number of aliphatic hydroxyl groups excluding tert-OH is 1. The molecule has 2 atom stereocenters. The molecule has 0 aliphatic heterocycles. The molecule has 4 heteroatoms. The van der Waals surface area contributed by atoms with Crippen molar-refractivity contribution in [2.24, 2.45) is 11.3 Å². The van der Waals surface area contributed by atoms with Crippen molar-refractivity contribution in [2.75, 3.05) is 7.11 Å². The lowest BCUT2D eigenvalue weighted by atomic mass is 9.77. The molecule has 0 amide bonds. The van der Waals surface area contributed by atoms with E-state index in [0.29, 0.717) is 5.92 Å². The monoisotopic (exact) mass is 309 g/mol. The van der Waals surface area contributed by atoms with Gasteiger partial charge in [-0.25, -0.2) is 4.98 Å². The van der Waals surface area contributed by atoms with Gasteiger partial charge in [0.05, 0.1) is 16.7 Å². The minimum Gasteiger partial charge on any atom is -0.387 e. The Kier molecular flexibility index (Phi) is 4.40. The quantitative estimate of drug-likeness (QED) is 0.899. The summed E-state index contributed by atoms with van der Waals surface area (Å²) in [4.78, 5) is 5.96. The summed E-state index contributed by atoms with van der Waals surface area (Å²) < 4.78 is 5.81. The average Bonchev–Trinajstić information content (AvgIpc) is 2.83. The maximum Gasteiger partial charge on any atom is 0.122 e. The molecule has 3 nitrogen and oxygen atoms in total. The molecule has 1 saturated carbocycles. The first-order valence-corrected chi connectivity index (χ1v) is 9.02. The summed E-state index contributed by atoms with van der Waals surface area (Å²) in [5, 5.41) is 11.5. The topological polar surface area (TPSA) is 42.4 Å². The van der Waals surface area contributed by atoms with Crippen LogP contribution in [0.2, 0.25) is 0 Å². The zero-order valence-electron chi connectivity index (χ0n) is 13.4. The number of fused-ring (bicyclic) bond motifs is 1. The van der Waals surface area contributed by atoms with E-state index in [1.165, 1.54) is 32.1 Å². The highest BCUT2D eigenvalue weighted by Crippen LogP contribution is 2.46. The number of hydrogen-bond acceptors (Lipinski definition) is 4. The van der Waals surface area contributed by atoms with Gasteiger partial charge in [0.1, 0.15) is 11.1 Å². The summed E-state index contributed by atoms with van der Waals surface area (Å²) in [5.41, 5.74) is 1.25. The number of thiazole rings is 1. The van der Waals surface area contributed by atoms with E-state index in [4.69, 9.17) is 9.72 Å². The molecular formula is C17H27NO2S. The summed E-state index contributed by atoms with van der Waals surface area (Å²) in [6, 6.07) is 0. The molecule has 0 radical (unpaired) electrons. The third-order valence-corrected chi connectivity index (χ3v) is 6.27. The molecule has 1 fully saturated rings. The van der Waals surface area contributed by atoms with Gasteiger partial charge in [-0.05, 0) is 37.0 Å². The Labute approximate surface area is 131 Å². The fourth-order valence-corrected chi connectivity index (χ4v) is 5.21. The van der Waals surface area contributed by atoms with E-state index in [1.54, 1.807) is 18.4 Å². The van der Waals surface area contributed by atoms with Crippen molar-refractivity contribution in [2.45, 2.75) is 71.0 Å². The Morgan fingerprint density at radius 1 is 1.29 bits per heavy atom. The highest BCUT2D eigenvalue weighted by Gasteiger charge is 2.36. The number of aromatic nitrogens is 1. The molecule has 2 aliphatic carbocycles. The predicted molar refractivity (Wildman–Crippen MR) is 85.5 cm³/mol. The summed E-state index contributed by atoms with van der Waals surface area (Å²) in [7, 11) is 1.81. The number of methoxy groups -OCH3 is 1. The van der Waals surface area contributed by atoms with Crippen LogP contribution in [0.4, 0.5) is 0 Å². The van der Waals surface area contributed by atoms with Crippen LogP contribution in [0.25, 0.3) is 0 Å². The summed E-state index contributed by atoms with van der Waals surface area (Å²) in [6.07, 6.45) is 8.05. The maximum atomic E-state index is 10.4. The van der Waals surface area contributed by atoms with Crippen LogP contribution in [0, 0.1) is 11.3 Å². The first-order valence-electron chi connectivity index (χ1n) is 8.20. The summed E-state index contributed by atoms with van der Waals surface area (Å²) in [5.74, 6) is 0.599. The molecule has 21 heavy (non-hydrogen) atoms. The number of aliphatic hydroxyl groups is 1. The molecule has 0 saturated heterocycles. The normalized spacial score (nSPS) is 27.3. The van der Waals surface area contributed by atoms with E-state index in [0.717, 1.165) is 28.4 Å². The lowest BCUT2D eigenvalue weighted by Gasteiger charge is -2.31. The van der Waals surface area contributed by atoms with Gasteiger partial charge in [-0.3, -0.25) is 0 Å². The van der Waals surface area contributed by atoms with Crippen LogP contribution in [0.5, 0.6) is 0 Å². The Balaban J connectivity index is 1.85. The molecule has 1 N–H and O–H groups in total. The van der Waals surface area contributed by atoms with Crippen LogP contribution in [0.15, 0.2) is 0 Å². The number of ether oxygens (including phenoxy) is 1. The van der Waals surface area contributed by atoms with E-state index in [1.807, 2.05) is 0 Å². The highest BCUT2D eigenvalue weighted by atomic mass is 32.1. The smallest absolute Gasteiger partial charge is 0.122 e. The summed E-state index contributed by atoms with van der Waals surface area (Å²) in [6.45, 7) is 4.43. The van der Waals surface area contributed by atoms with Crippen LogP contribution in [0.1, 0.15) is 80.2 Å². The predicted octanol–water partition coefficient (Wildman–Crippen LogP) is 4.42. The summed E-state index contributed by atoms with van der Waals surface area (Å²) >= 11 is 1.68. The second kappa shape index (κ2) is 5.98. The highest BCUT2D eigenvalue weighted by molar-refractivity contribution is 7.11. The molecule has 1 aromatic rings. The number of rotatable bonds is 3. The maximum absolute atomic E-state index is 10.4. The zero-order valence-corrected chi connectivity index (χ0v) is 14.2. The second-order valence-corrected chi connectivity index (χ2v) is 8.54. The fraction of sp³-hybridized carbons (Fsp3) is 0.824. The molecule has 1 heterocycles. The SMILES string of the molecule is COC(c1nc2c(s1)C(O)CC(C)(C)C2)C1CCCCC1. The van der Waals surface area contributed by atoms with Crippen LogP contribution in [-0.2, 0) is 11.2 Å². The van der Waals surface area contributed by atoms with Crippen LogP contribution >= 0.6 is 11.3 Å². The standard InChI is InChI=1S/C17H27NO2S/c1-17(2)9-12-15(13(19)10-17)21-16(18-12)14(20-3)11-7-5-4-6-8-11/h11,13-14,19H,4-10H2,1-3H3. The van der Waals surface area contributed by atoms with Gasteiger partial charge in [0.15, 0.2) is 0 Å². The second-order valence-electron chi connectivity index (χ2n) is 7.48. The van der Waals surface area contributed by atoms with Crippen molar-refractivity contribution in [3.63, 3.8) is 0 Å². The van der Waals surface area contributed by atoms with Crippen molar-refractivity contribution in [3.8, 4) is 0 Å². The van der Waals surface area contributed by atoms with Gasteiger partial charge in [-0.15, -0.1) is 11.3 Å². The van der Waals surface area contributed by atoms with Gasteiger partial charge < -0.3 is 9.84 Å². The third-order valence-electron chi connectivity index (χ3n) is 5.01. The molecule has 0 bridgehead atoms. The van der Waals surface area contributed by atoms with Crippen molar-refractivity contribution < 1.29 is 9.84 Å². The van der Waals surface area contributed by atoms with Crippen molar-refractivity contribution >= 4 is 11.3 Å². The van der Waals surface area contributed by atoms with Gasteiger partial charge in [0, 0.05) is 7.11 Å².